The van der Waals surface area contributed by atoms with Crippen molar-refractivity contribution >= 4 is 14.6 Å². The molecule has 5 heteroatoms. The molecule has 0 aliphatic heterocycles. The summed E-state index contributed by atoms with van der Waals surface area (Å²) in [6.45, 7) is 2.04. The first kappa shape index (κ1) is 12.5. The molecule has 0 bridgehead atoms. The molecule has 0 radical (unpaired) electrons. The molecule has 0 rings (SSSR count). The highest BCUT2D eigenvalue weighted by atomic mass is 31.1. The van der Waals surface area contributed by atoms with Crippen molar-refractivity contribution in [1.82, 2.24) is 6.15 Å². The largest absolute Gasteiger partial charge is 0.480 e. The topological polar surface area (TPSA) is 98.3 Å². The van der Waals surface area contributed by atoms with Gasteiger partial charge in [-0.25, -0.2) is 0 Å². The molecular weight excluding hydrogens is 151 g/mol. The number of hydrogen-bond donors (Lipinski definition) is 3. The van der Waals surface area contributed by atoms with Gasteiger partial charge >= 0.3 is 5.97 Å². The molecule has 0 spiro atoms. The minimum Gasteiger partial charge on any atom is -0.480 e. The van der Waals surface area contributed by atoms with Gasteiger partial charge < -0.3 is 17.0 Å². The molecule has 6 N–H and O–H groups in total. The fraction of sp³-hybridized carbons (Fsp3) is 0.800. The SMILES string of the molecule is CPCC[C@H](N)C(=O)O.N. The van der Waals surface area contributed by atoms with E-state index >= 15 is 0 Å². The van der Waals surface area contributed by atoms with Gasteiger partial charge in [0.15, 0.2) is 0 Å². The summed E-state index contributed by atoms with van der Waals surface area (Å²) in [7, 11) is 0.800. The summed E-state index contributed by atoms with van der Waals surface area (Å²) in [4.78, 5) is 10.1. The van der Waals surface area contributed by atoms with Gasteiger partial charge in [0.25, 0.3) is 0 Å². The Morgan fingerprint density at radius 3 is 2.60 bits per heavy atom. The number of carboxylic acids is 1. The molecule has 0 aliphatic rings. The molecule has 0 amide bonds. The maximum absolute atomic E-state index is 10.1. The predicted molar refractivity (Wildman–Crippen MR) is 44.4 cm³/mol. The second kappa shape index (κ2) is 6.93. The Labute approximate surface area is 62.5 Å². The van der Waals surface area contributed by atoms with E-state index in [0.717, 1.165) is 14.7 Å². The molecule has 10 heavy (non-hydrogen) atoms. The fourth-order valence-corrected chi connectivity index (χ4v) is 1.02. The number of aliphatic carboxylic acids is 1. The van der Waals surface area contributed by atoms with Crippen LogP contribution in [-0.2, 0) is 4.79 Å². The van der Waals surface area contributed by atoms with E-state index in [2.05, 4.69) is 0 Å². The van der Waals surface area contributed by atoms with Gasteiger partial charge in [0.2, 0.25) is 0 Å². The maximum atomic E-state index is 10.1. The first-order valence-corrected chi connectivity index (χ1v) is 4.52. The van der Waals surface area contributed by atoms with Crippen LogP contribution in [0.3, 0.4) is 0 Å². The van der Waals surface area contributed by atoms with Gasteiger partial charge in [-0.3, -0.25) is 4.79 Å². The highest BCUT2D eigenvalue weighted by molar-refractivity contribution is 7.36. The van der Waals surface area contributed by atoms with Crippen LogP contribution in [0.25, 0.3) is 0 Å². The van der Waals surface area contributed by atoms with Crippen LogP contribution in [0.1, 0.15) is 6.42 Å². The highest BCUT2D eigenvalue weighted by Gasteiger charge is 2.08. The van der Waals surface area contributed by atoms with Gasteiger partial charge in [0.05, 0.1) is 0 Å². The number of carboxylic acid groups (broad SMARTS) is 1. The van der Waals surface area contributed by atoms with E-state index in [1.807, 2.05) is 6.66 Å². The molecule has 0 aromatic carbocycles. The summed E-state index contributed by atoms with van der Waals surface area (Å²) < 4.78 is 0. The molecule has 1 unspecified atom stereocenters. The molecule has 4 nitrogen and oxygen atoms in total. The van der Waals surface area contributed by atoms with Gasteiger partial charge in [-0.15, -0.1) is 8.58 Å². The lowest BCUT2D eigenvalue weighted by atomic mass is 10.2. The quantitative estimate of drug-likeness (QED) is 0.521. The summed E-state index contributed by atoms with van der Waals surface area (Å²) in [5.41, 5.74) is 5.21. The third kappa shape index (κ3) is 5.95. The average Bonchev–Trinajstić information content (AvgIpc) is 1.82. The van der Waals surface area contributed by atoms with E-state index in [1.165, 1.54) is 0 Å². The highest BCUT2D eigenvalue weighted by Crippen LogP contribution is 2.04. The second-order valence-electron chi connectivity index (χ2n) is 1.84. The molecular formula is C5H15N2O2P. The first-order valence-electron chi connectivity index (χ1n) is 2.81. The second-order valence-corrected chi connectivity index (χ2v) is 3.04. The monoisotopic (exact) mass is 166 g/mol. The molecule has 0 saturated carbocycles. The summed E-state index contributed by atoms with van der Waals surface area (Å²) in [5, 5.41) is 8.29. The van der Waals surface area contributed by atoms with E-state index in [0.29, 0.717) is 6.42 Å². The zero-order valence-corrected chi connectivity index (χ0v) is 7.13. The average molecular weight is 166 g/mol. The van der Waals surface area contributed by atoms with Crippen LogP contribution >= 0.6 is 8.58 Å². The molecule has 0 heterocycles. The standard InChI is InChI=1S/C5H12NO2P.H3N/c1-9-3-2-4(6)5(7)8;/h4,9H,2-3,6H2,1H3,(H,7,8);1H3/t4-;/m0./s1. The van der Waals surface area contributed by atoms with E-state index in [-0.39, 0.29) is 6.15 Å². The zero-order valence-electron chi connectivity index (χ0n) is 6.13. The van der Waals surface area contributed by atoms with Gasteiger partial charge in [-0.05, 0) is 19.2 Å². The lowest BCUT2D eigenvalue weighted by Gasteiger charge is -2.02. The van der Waals surface area contributed by atoms with Crippen molar-refractivity contribution < 1.29 is 9.90 Å². The summed E-state index contributed by atoms with van der Waals surface area (Å²) >= 11 is 0. The predicted octanol–water partition coefficient (Wildman–Crippen LogP) is 0.259. The van der Waals surface area contributed by atoms with Crippen LogP contribution in [-0.4, -0.2) is 29.9 Å². The van der Waals surface area contributed by atoms with E-state index < -0.39 is 12.0 Å². The molecule has 0 aromatic rings. The smallest absolute Gasteiger partial charge is 0.320 e. The summed E-state index contributed by atoms with van der Waals surface area (Å²) in [6, 6.07) is -0.655. The number of nitrogens with two attached hydrogens (primary N) is 1. The Bertz CT molecular complexity index is 99.6. The minimum absolute atomic E-state index is 0. The Balaban J connectivity index is 0. The molecule has 2 atom stereocenters. The Hall–Kier alpha value is -0.180. The van der Waals surface area contributed by atoms with Crippen LogP contribution in [0.5, 0.6) is 0 Å². The van der Waals surface area contributed by atoms with Crippen molar-refractivity contribution in [1.29, 1.82) is 0 Å². The van der Waals surface area contributed by atoms with Crippen molar-refractivity contribution in [3.05, 3.63) is 0 Å². The summed E-state index contributed by atoms with van der Waals surface area (Å²) in [6.07, 6.45) is 1.53. The molecule has 62 valence electrons. The number of rotatable bonds is 4. The van der Waals surface area contributed by atoms with Crippen molar-refractivity contribution in [2.45, 2.75) is 12.5 Å². The molecule has 0 fully saturated rings. The molecule has 0 aliphatic carbocycles. The van der Waals surface area contributed by atoms with E-state index in [9.17, 15) is 4.79 Å². The van der Waals surface area contributed by atoms with Crippen LogP contribution < -0.4 is 11.9 Å². The lowest BCUT2D eigenvalue weighted by molar-refractivity contribution is -0.138. The van der Waals surface area contributed by atoms with Crippen LogP contribution in [0.15, 0.2) is 0 Å². The third-order valence-corrected chi connectivity index (χ3v) is 1.81. The van der Waals surface area contributed by atoms with Crippen molar-refractivity contribution in [2.24, 2.45) is 5.73 Å². The van der Waals surface area contributed by atoms with Crippen molar-refractivity contribution in [3.8, 4) is 0 Å². The van der Waals surface area contributed by atoms with Crippen molar-refractivity contribution in [2.75, 3.05) is 12.8 Å². The van der Waals surface area contributed by atoms with E-state index in [1.54, 1.807) is 0 Å². The Morgan fingerprint density at radius 1 is 1.80 bits per heavy atom. The maximum Gasteiger partial charge on any atom is 0.320 e. The minimum atomic E-state index is -0.895. The van der Waals surface area contributed by atoms with Gasteiger partial charge in [-0.2, -0.15) is 0 Å². The van der Waals surface area contributed by atoms with Crippen LogP contribution in [0, 0.1) is 0 Å². The normalized spacial score (nSPS) is 13.0. The van der Waals surface area contributed by atoms with Gasteiger partial charge in [0, 0.05) is 0 Å². The van der Waals surface area contributed by atoms with Crippen LogP contribution in [0.2, 0.25) is 0 Å². The Morgan fingerprint density at radius 2 is 2.30 bits per heavy atom. The van der Waals surface area contributed by atoms with Gasteiger partial charge in [-0.1, -0.05) is 0 Å². The van der Waals surface area contributed by atoms with Gasteiger partial charge in [0.1, 0.15) is 6.04 Å². The van der Waals surface area contributed by atoms with Crippen LogP contribution in [0.4, 0.5) is 0 Å². The first-order chi connectivity index (χ1) is 4.18. The number of hydrogen-bond acceptors (Lipinski definition) is 3. The number of carbonyl (C=O) groups is 1. The third-order valence-electron chi connectivity index (χ3n) is 1.02. The molecule has 0 saturated heterocycles. The lowest BCUT2D eigenvalue weighted by Crippen LogP contribution is -2.30. The zero-order chi connectivity index (χ0) is 7.28. The summed E-state index contributed by atoms with van der Waals surface area (Å²) in [5.74, 6) is -0.895. The molecule has 0 aromatic heterocycles. The fourth-order valence-electron chi connectivity index (χ4n) is 0.423. The van der Waals surface area contributed by atoms with Crippen molar-refractivity contribution in [3.63, 3.8) is 0 Å². The Kier molecular flexibility index (Phi) is 8.66. The van der Waals surface area contributed by atoms with E-state index in [4.69, 9.17) is 10.8 Å².